The van der Waals surface area contributed by atoms with Crippen molar-refractivity contribution in [1.82, 2.24) is 10.6 Å². The molecule has 0 radical (unpaired) electrons. The van der Waals surface area contributed by atoms with Gasteiger partial charge in [0.1, 0.15) is 0 Å². The number of nitrogens with two attached hydrogens (primary N) is 1. The quantitative estimate of drug-likeness (QED) is 0.259. The Morgan fingerprint density at radius 2 is 1.66 bits per heavy atom. The van der Waals surface area contributed by atoms with Crippen molar-refractivity contribution < 1.29 is 13.3 Å². The molecule has 4 N–H and O–H groups in total. The molecule has 2 aromatic carbocycles. The first-order valence-electron chi connectivity index (χ1n) is 9.02. The first-order chi connectivity index (χ1) is 13.6. The smallest absolute Gasteiger partial charge is 0.269 e. The molecule has 0 saturated heterocycles. The van der Waals surface area contributed by atoms with Crippen LogP contribution in [0.3, 0.4) is 0 Å². The highest BCUT2D eigenvalue weighted by atomic mass is 32.2. The lowest BCUT2D eigenvalue weighted by Gasteiger charge is -2.14. The second-order valence-electron chi connectivity index (χ2n) is 6.91. The van der Waals surface area contributed by atoms with Crippen LogP contribution in [0.2, 0.25) is 0 Å². The molecule has 0 bridgehead atoms. The summed E-state index contributed by atoms with van der Waals surface area (Å²) in [7, 11) is -3.72. The van der Waals surface area contributed by atoms with E-state index in [0.717, 1.165) is 17.7 Å². The second-order valence-corrected chi connectivity index (χ2v) is 8.47. The van der Waals surface area contributed by atoms with E-state index in [4.69, 9.17) is 5.14 Å². The lowest BCUT2D eigenvalue weighted by molar-refractivity contribution is -0.384. The average Bonchev–Trinajstić information content (AvgIpc) is 2.67. The SMILES string of the molecule is CC(C)CNC(=NCc1ccc(S(N)(=O)=O)cc1)NCc1ccc([N+](=O)[O-])cc1. The van der Waals surface area contributed by atoms with Crippen LogP contribution in [0.15, 0.2) is 58.4 Å². The van der Waals surface area contributed by atoms with Gasteiger partial charge in [0.05, 0.1) is 16.4 Å². The molecular weight excluding hydrogens is 394 g/mol. The third kappa shape index (κ3) is 7.51. The second kappa shape index (κ2) is 9.99. The van der Waals surface area contributed by atoms with E-state index in [2.05, 4.69) is 29.5 Å². The van der Waals surface area contributed by atoms with Gasteiger partial charge in [-0.2, -0.15) is 0 Å². The maximum absolute atomic E-state index is 11.3. The highest BCUT2D eigenvalue weighted by molar-refractivity contribution is 7.89. The topological polar surface area (TPSA) is 140 Å². The van der Waals surface area contributed by atoms with Crippen molar-refractivity contribution in [2.45, 2.75) is 31.8 Å². The van der Waals surface area contributed by atoms with E-state index in [-0.39, 0.29) is 10.6 Å². The molecular formula is C19H25N5O4S. The normalized spacial score (nSPS) is 12.1. The molecule has 156 valence electrons. The van der Waals surface area contributed by atoms with E-state index in [1.807, 2.05) is 0 Å². The summed E-state index contributed by atoms with van der Waals surface area (Å²) in [6, 6.07) is 12.5. The minimum atomic E-state index is -3.72. The summed E-state index contributed by atoms with van der Waals surface area (Å²) in [6.07, 6.45) is 0. The maximum atomic E-state index is 11.3. The molecule has 2 rings (SSSR count). The fourth-order valence-electron chi connectivity index (χ4n) is 2.35. The van der Waals surface area contributed by atoms with Crippen LogP contribution < -0.4 is 15.8 Å². The fourth-order valence-corrected chi connectivity index (χ4v) is 2.87. The van der Waals surface area contributed by atoms with Gasteiger partial charge in [-0.1, -0.05) is 38.1 Å². The zero-order valence-electron chi connectivity index (χ0n) is 16.3. The van der Waals surface area contributed by atoms with E-state index in [9.17, 15) is 18.5 Å². The zero-order valence-corrected chi connectivity index (χ0v) is 17.1. The van der Waals surface area contributed by atoms with Gasteiger partial charge in [0, 0.05) is 25.2 Å². The van der Waals surface area contributed by atoms with Crippen LogP contribution in [0, 0.1) is 16.0 Å². The van der Waals surface area contributed by atoms with Crippen molar-refractivity contribution >= 4 is 21.7 Å². The Hall–Kier alpha value is -2.98. The average molecular weight is 420 g/mol. The van der Waals surface area contributed by atoms with Gasteiger partial charge in [0.15, 0.2) is 5.96 Å². The summed E-state index contributed by atoms with van der Waals surface area (Å²) < 4.78 is 22.7. The molecule has 10 heteroatoms. The molecule has 9 nitrogen and oxygen atoms in total. The minimum Gasteiger partial charge on any atom is -0.356 e. The number of benzene rings is 2. The summed E-state index contributed by atoms with van der Waals surface area (Å²) in [5.41, 5.74) is 1.76. The molecule has 2 aromatic rings. The number of nitro groups is 1. The fraction of sp³-hybridized carbons (Fsp3) is 0.316. The lowest BCUT2D eigenvalue weighted by Crippen LogP contribution is -2.38. The predicted octanol–water partition coefficient (Wildman–Crippen LogP) is 2.13. The number of guanidine groups is 1. The number of rotatable bonds is 8. The number of hydrogen-bond acceptors (Lipinski definition) is 5. The molecule has 0 aliphatic carbocycles. The van der Waals surface area contributed by atoms with Gasteiger partial charge >= 0.3 is 0 Å². The van der Waals surface area contributed by atoms with Gasteiger partial charge in [-0.05, 0) is 29.2 Å². The van der Waals surface area contributed by atoms with Crippen molar-refractivity contribution in [3.05, 3.63) is 69.8 Å². The first-order valence-corrected chi connectivity index (χ1v) is 10.6. The number of hydrogen-bond donors (Lipinski definition) is 3. The monoisotopic (exact) mass is 419 g/mol. The Balaban J connectivity index is 2.05. The van der Waals surface area contributed by atoms with Crippen LogP contribution in [0.25, 0.3) is 0 Å². The molecule has 0 amide bonds. The van der Waals surface area contributed by atoms with Crippen LogP contribution in [0.4, 0.5) is 5.69 Å². The number of sulfonamides is 1. The van der Waals surface area contributed by atoms with Gasteiger partial charge in [-0.3, -0.25) is 10.1 Å². The number of non-ortho nitro benzene ring substituents is 1. The Morgan fingerprint density at radius 3 is 2.17 bits per heavy atom. The van der Waals surface area contributed by atoms with E-state index in [1.54, 1.807) is 24.3 Å². The molecule has 0 aliphatic heterocycles. The first kappa shape index (κ1) is 22.3. The van der Waals surface area contributed by atoms with Crippen molar-refractivity contribution in [2.24, 2.45) is 16.0 Å². The van der Waals surface area contributed by atoms with E-state index in [0.29, 0.717) is 25.0 Å². The van der Waals surface area contributed by atoms with Crippen LogP contribution >= 0.6 is 0 Å². The number of nitro benzene ring substituents is 1. The number of primary sulfonamides is 1. The summed E-state index contributed by atoms with van der Waals surface area (Å²) in [6.45, 7) is 5.67. The van der Waals surface area contributed by atoms with Crippen molar-refractivity contribution in [1.29, 1.82) is 0 Å². The highest BCUT2D eigenvalue weighted by Gasteiger charge is 2.08. The van der Waals surface area contributed by atoms with Gasteiger partial charge in [0.25, 0.3) is 5.69 Å². The summed E-state index contributed by atoms with van der Waals surface area (Å²) >= 11 is 0. The molecule has 0 aromatic heterocycles. The van der Waals surface area contributed by atoms with Crippen LogP contribution in [-0.2, 0) is 23.1 Å². The van der Waals surface area contributed by atoms with E-state index >= 15 is 0 Å². The molecule has 0 fully saturated rings. The van der Waals surface area contributed by atoms with Crippen molar-refractivity contribution in [3.8, 4) is 0 Å². The number of aliphatic imine (C=N–C) groups is 1. The lowest BCUT2D eigenvalue weighted by atomic mass is 10.2. The molecule has 29 heavy (non-hydrogen) atoms. The Kier molecular flexibility index (Phi) is 7.68. The summed E-state index contributed by atoms with van der Waals surface area (Å²) in [5.74, 6) is 1.00. The van der Waals surface area contributed by atoms with Crippen LogP contribution in [-0.4, -0.2) is 25.8 Å². The summed E-state index contributed by atoms with van der Waals surface area (Å²) in [4.78, 5) is 14.9. The van der Waals surface area contributed by atoms with Crippen LogP contribution in [0.5, 0.6) is 0 Å². The summed E-state index contributed by atoms with van der Waals surface area (Å²) in [5, 5.41) is 22.3. The standard InChI is InChI=1S/C19H25N5O4S/c1-14(2)11-21-19(22-12-15-3-7-17(8-4-15)24(25)26)23-13-16-5-9-18(10-6-16)29(20,27)28/h3-10,14H,11-13H2,1-2H3,(H2,20,27,28)(H2,21,22,23). The Bertz CT molecular complexity index is 955. The molecule has 0 atom stereocenters. The largest absolute Gasteiger partial charge is 0.356 e. The third-order valence-electron chi connectivity index (χ3n) is 3.96. The highest BCUT2D eigenvalue weighted by Crippen LogP contribution is 2.12. The van der Waals surface area contributed by atoms with Gasteiger partial charge in [-0.15, -0.1) is 0 Å². The van der Waals surface area contributed by atoms with Gasteiger partial charge < -0.3 is 10.6 Å². The molecule has 0 heterocycles. The molecule has 0 saturated carbocycles. The predicted molar refractivity (Wildman–Crippen MR) is 112 cm³/mol. The molecule has 0 spiro atoms. The maximum Gasteiger partial charge on any atom is 0.269 e. The molecule has 0 unspecified atom stereocenters. The minimum absolute atomic E-state index is 0.0449. The van der Waals surface area contributed by atoms with Gasteiger partial charge in [0.2, 0.25) is 10.0 Å². The Morgan fingerprint density at radius 1 is 1.07 bits per heavy atom. The number of nitrogens with zero attached hydrogens (tertiary/aromatic N) is 2. The number of nitrogens with one attached hydrogen (secondary N) is 2. The van der Waals surface area contributed by atoms with Crippen molar-refractivity contribution in [3.63, 3.8) is 0 Å². The van der Waals surface area contributed by atoms with Crippen LogP contribution in [0.1, 0.15) is 25.0 Å². The van der Waals surface area contributed by atoms with Crippen molar-refractivity contribution in [2.75, 3.05) is 6.54 Å². The Labute approximate surface area is 170 Å². The van der Waals surface area contributed by atoms with E-state index in [1.165, 1.54) is 24.3 Å². The molecule has 0 aliphatic rings. The van der Waals surface area contributed by atoms with E-state index < -0.39 is 14.9 Å². The third-order valence-corrected chi connectivity index (χ3v) is 4.89. The van der Waals surface area contributed by atoms with Gasteiger partial charge in [-0.25, -0.2) is 18.5 Å². The zero-order chi connectivity index (χ0) is 21.4.